The first-order chi connectivity index (χ1) is 12.1. The lowest BCUT2D eigenvalue weighted by atomic mass is 9.95. The van der Waals surface area contributed by atoms with Crippen molar-refractivity contribution in [2.75, 3.05) is 13.2 Å². The molecule has 0 saturated heterocycles. The average molecular weight is 349 g/mol. The summed E-state index contributed by atoms with van der Waals surface area (Å²) in [4.78, 5) is 26.5. The number of halogens is 1. The maximum absolute atomic E-state index is 13.5. The molecule has 0 atom stereocenters. The van der Waals surface area contributed by atoms with Crippen molar-refractivity contribution in [1.82, 2.24) is 4.90 Å². The fourth-order valence-corrected chi connectivity index (χ4v) is 3.43. The van der Waals surface area contributed by atoms with Crippen LogP contribution in [-0.4, -0.2) is 36.0 Å². The number of benzene rings is 1. The normalized spacial score (nSPS) is 15.9. The van der Waals surface area contributed by atoms with Gasteiger partial charge < -0.3 is 9.64 Å². The summed E-state index contributed by atoms with van der Waals surface area (Å²) in [5.41, 5.74) is 0.339. The van der Waals surface area contributed by atoms with Crippen molar-refractivity contribution in [3.8, 4) is 0 Å². The number of hydrogen-bond donors (Lipinski definition) is 0. The van der Waals surface area contributed by atoms with Gasteiger partial charge in [0, 0.05) is 18.2 Å². The molecule has 0 spiro atoms. The molecule has 1 amide bonds. The summed E-state index contributed by atoms with van der Waals surface area (Å²) in [7, 11) is 0. The molecule has 0 bridgehead atoms. The third-order valence-corrected chi connectivity index (χ3v) is 4.71. The van der Waals surface area contributed by atoms with E-state index in [1.807, 2.05) is 0 Å². The molecule has 0 N–H and O–H groups in total. The quantitative estimate of drug-likeness (QED) is 0.718. The van der Waals surface area contributed by atoms with Crippen molar-refractivity contribution in [3.05, 3.63) is 35.6 Å². The molecule has 1 saturated carbocycles. The predicted octanol–water partition coefficient (Wildman–Crippen LogP) is 4.33. The van der Waals surface area contributed by atoms with Gasteiger partial charge in [0.25, 0.3) is 5.91 Å². The van der Waals surface area contributed by atoms with Crippen LogP contribution < -0.4 is 0 Å². The number of esters is 1. The molecule has 0 unspecified atom stereocenters. The summed E-state index contributed by atoms with van der Waals surface area (Å²) in [6.07, 6.45) is 7.80. The van der Waals surface area contributed by atoms with Crippen molar-refractivity contribution in [3.63, 3.8) is 0 Å². The molecule has 1 aromatic rings. The van der Waals surface area contributed by atoms with Crippen LogP contribution in [0.15, 0.2) is 24.3 Å². The maximum atomic E-state index is 13.5. The van der Waals surface area contributed by atoms with E-state index >= 15 is 0 Å². The van der Waals surface area contributed by atoms with Gasteiger partial charge in [0.2, 0.25) is 0 Å². The molecule has 25 heavy (non-hydrogen) atoms. The molecule has 2 rings (SSSR count). The van der Waals surface area contributed by atoms with Gasteiger partial charge in [-0.05, 0) is 38.0 Å². The Labute approximate surface area is 149 Å². The van der Waals surface area contributed by atoms with Crippen LogP contribution in [0.25, 0.3) is 0 Å². The van der Waals surface area contributed by atoms with E-state index in [2.05, 4.69) is 0 Å². The highest BCUT2D eigenvalue weighted by atomic mass is 19.1. The summed E-state index contributed by atoms with van der Waals surface area (Å²) >= 11 is 0. The van der Waals surface area contributed by atoms with Gasteiger partial charge in [-0.25, -0.2) is 4.39 Å². The highest BCUT2D eigenvalue weighted by molar-refractivity contribution is 5.94. The summed E-state index contributed by atoms with van der Waals surface area (Å²) in [6, 6.07) is 5.87. The van der Waals surface area contributed by atoms with E-state index in [9.17, 15) is 14.0 Å². The minimum atomic E-state index is -0.422. The van der Waals surface area contributed by atoms with Crippen LogP contribution in [-0.2, 0) is 9.53 Å². The van der Waals surface area contributed by atoms with Crippen LogP contribution in [0.2, 0.25) is 0 Å². The zero-order valence-corrected chi connectivity index (χ0v) is 15.0. The summed E-state index contributed by atoms with van der Waals surface area (Å²) in [6.45, 7) is 2.42. The first kappa shape index (κ1) is 19.4. The number of hydrogen-bond acceptors (Lipinski definition) is 3. The lowest BCUT2D eigenvalue weighted by Gasteiger charge is -2.33. The third kappa shape index (κ3) is 6.15. The predicted molar refractivity (Wildman–Crippen MR) is 94.8 cm³/mol. The van der Waals surface area contributed by atoms with Gasteiger partial charge in [-0.3, -0.25) is 9.59 Å². The molecule has 0 aromatic heterocycles. The highest BCUT2D eigenvalue weighted by Gasteiger charge is 2.26. The maximum Gasteiger partial charge on any atom is 0.307 e. The first-order valence-corrected chi connectivity index (χ1v) is 9.34. The Morgan fingerprint density at radius 2 is 1.84 bits per heavy atom. The van der Waals surface area contributed by atoms with Gasteiger partial charge in [-0.1, -0.05) is 38.2 Å². The van der Waals surface area contributed by atoms with Crippen molar-refractivity contribution in [2.45, 2.75) is 64.3 Å². The number of rotatable bonds is 6. The van der Waals surface area contributed by atoms with Crippen LogP contribution in [0, 0.1) is 5.82 Å². The first-order valence-electron chi connectivity index (χ1n) is 9.34. The Balaban J connectivity index is 2.14. The number of nitrogens with zero attached hydrogens (tertiary/aromatic N) is 1. The summed E-state index contributed by atoms with van der Waals surface area (Å²) in [5, 5.41) is 0. The molecular weight excluding hydrogens is 321 g/mol. The smallest absolute Gasteiger partial charge is 0.307 e. The van der Waals surface area contributed by atoms with Gasteiger partial charge in [0.1, 0.15) is 5.82 Å². The van der Waals surface area contributed by atoms with E-state index in [1.165, 1.54) is 31.4 Å². The lowest BCUT2D eigenvalue weighted by Crippen LogP contribution is -2.42. The molecule has 1 fully saturated rings. The van der Waals surface area contributed by atoms with E-state index in [-0.39, 0.29) is 24.3 Å². The van der Waals surface area contributed by atoms with Gasteiger partial charge in [0.05, 0.1) is 13.0 Å². The summed E-state index contributed by atoms with van der Waals surface area (Å²) in [5.74, 6) is -0.923. The van der Waals surface area contributed by atoms with Gasteiger partial charge in [-0.2, -0.15) is 0 Å². The molecule has 1 aliphatic rings. The van der Waals surface area contributed by atoms with Crippen molar-refractivity contribution in [2.24, 2.45) is 0 Å². The molecule has 138 valence electrons. The monoisotopic (exact) mass is 349 g/mol. The topological polar surface area (TPSA) is 46.6 Å². The highest BCUT2D eigenvalue weighted by Crippen LogP contribution is 2.23. The van der Waals surface area contributed by atoms with E-state index in [0.717, 1.165) is 25.7 Å². The SMILES string of the molecule is CCOC(=O)CCN(C(=O)c1cccc(F)c1)C1CCCCCCC1. The minimum Gasteiger partial charge on any atom is -0.466 e. The fraction of sp³-hybridized carbons (Fsp3) is 0.600. The Morgan fingerprint density at radius 1 is 1.16 bits per heavy atom. The second kappa shape index (κ2) is 10.2. The van der Waals surface area contributed by atoms with E-state index in [1.54, 1.807) is 24.0 Å². The minimum absolute atomic E-state index is 0.102. The second-order valence-electron chi connectivity index (χ2n) is 6.56. The van der Waals surface area contributed by atoms with Crippen LogP contribution in [0.3, 0.4) is 0 Å². The number of carbonyl (C=O) groups is 2. The van der Waals surface area contributed by atoms with Crippen molar-refractivity contribution < 1.29 is 18.7 Å². The Hall–Kier alpha value is -1.91. The zero-order chi connectivity index (χ0) is 18.1. The molecule has 0 heterocycles. The van der Waals surface area contributed by atoms with E-state index in [4.69, 9.17) is 4.74 Å². The van der Waals surface area contributed by atoms with Gasteiger partial charge >= 0.3 is 5.97 Å². The second-order valence-corrected chi connectivity index (χ2v) is 6.56. The molecule has 0 radical (unpaired) electrons. The number of carbonyl (C=O) groups excluding carboxylic acids is 2. The van der Waals surface area contributed by atoms with Crippen molar-refractivity contribution >= 4 is 11.9 Å². The number of ether oxygens (including phenoxy) is 1. The van der Waals surface area contributed by atoms with Crippen LogP contribution in [0.1, 0.15) is 68.6 Å². The van der Waals surface area contributed by atoms with Crippen molar-refractivity contribution in [1.29, 1.82) is 0 Å². The van der Waals surface area contributed by atoms with Gasteiger partial charge in [0.15, 0.2) is 0 Å². The molecule has 0 aliphatic heterocycles. The lowest BCUT2D eigenvalue weighted by molar-refractivity contribution is -0.143. The molecule has 1 aromatic carbocycles. The average Bonchev–Trinajstić information content (AvgIpc) is 2.56. The van der Waals surface area contributed by atoms with Crippen LogP contribution in [0.5, 0.6) is 0 Å². The third-order valence-electron chi connectivity index (χ3n) is 4.71. The molecule has 5 heteroatoms. The van der Waals surface area contributed by atoms with Crippen LogP contribution in [0.4, 0.5) is 4.39 Å². The molecule has 1 aliphatic carbocycles. The van der Waals surface area contributed by atoms with E-state index in [0.29, 0.717) is 18.7 Å². The zero-order valence-electron chi connectivity index (χ0n) is 15.0. The largest absolute Gasteiger partial charge is 0.466 e. The van der Waals surface area contributed by atoms with Crippen LogP contribution >= 0.6 is 0 Å². The van der Waals surface area contributed by atoms with E-state index < -0.39 is 5.82 Å². The Morgan fingerprint density at radius 3 is 2.48 bits per heavy atom. The summed E-state index contributed by atoms with van der Waals surface area (Å²) < 4.78 is 18.5. The molecule has 4 nitrogen and oxygen atoms in total. The fourth-order valence-electron chi connectivity index (χ4n) is 3.43. The Kier molecular flexibility index (Phi) is 7.89. The Bertz CT molecular complexity index is 568. The standard InChI is InChI=1S/C20H28FNO3/c1-2-25-19(23)13-14-22(18-11-6-4-3-5-7-12-18)20(24)16-9-8-10-17(21)15-16/h8-10,15,18H,2-7,11-14H2,1H3. The van der Waals surface area contributed by atoms with Gasteiger partial charge in [-0.15, -0.1) is 0 Å². The molecular formula is C20H28FNO3. The number of amides is 1.